The molecule has 1 aliphatic heterocycles. The number of benzene rings is 4. The van der Waals surface area contributed by atoms with Crippen molar-refractivity contribution in [1.82, 2.24) is 5.16 Å². The molecule has 4 aromatic carbocycles. The Morgan fingerprint density at radius 3 is 2.24 bits per heavy atom. The summed E-state index contributed by atoms with van der Waals surface area (Å²) >= 11 is 0. The van der Waals surface area contributed by atoms with Crippen LogP contribution in [0, 0.1) is 6.92 Å². The Balaban J connectivity index is 1.34. The number of aromatic nitrogens is 1. The van der Waals surface area contributed by atoms with E-state index in [1.807, 2.05) is 42.5 Å². The van der Waals surface area contributed by atoms with Crippen molar-refractivity contribution in [3.63, 3.8) is 0 Å². The Hall–Kier alpha value is -4.58. The summed E-state index contributed by atoms with van der Waals surface area (Å²) in [5.74, 6) is 0.656. The zero-order valence-electron chi connectivity index (χ0n) is 20.6. The highest BCUT2D eigenvalue weighted by Crippen LogP contribution is 2.46. The Morgan fingerprint density at radius 1 is 0.811 bits per heavy atom. The quantitative estimate of drug-likeness (QED) is 0.310. The lowest BCUT2D eigenvalue weighted by atomic mass is 9.86. The molecule has 6 nitrogen and oxygen atoms in total. The predicted molar refractivity (Wildman–Crippen MR) is 148 cm³/mol. The predicted octanol–water partition coefficient (Wildman–Crippen LogP) is 6.42. The van der Waals surface area contributed by atoms with Crippen molar-refractivity contribution in [2.75, 3.05) is 41.3 Å². The number of piperazine rings is 1. The van der Waals surface area contributed by atoms with Crippen LogP contribution in [0.1, 0.15) is 21.5 Å². The topological polar surface area (TPSA) is 61.6 Å². The number of carbonyl (C=O) groups excluding carboxylic acids is 1. The number of nitrogens with zero attached hydrogens (tertiary/aromatic N) is 3. The Bertz CT molecular complexity index is 1630. The Kier molecular flexibility index (Phi) is 4.99. The van der Waals surface area contributed by atoms with Gasteiger partial charge >= 0.3 is 0 Å². The number of fused-ring (bicyclic) bond motifs is 2. The third kappa shape index (κ3) is 3.56. The van der Waals surface area contributed by atoms with Crippen LogP contribution in [0.25, 0.3) is 22.2 Å². The van der Waals surface area contributed by atoms with E-state index >= 15 is 0 Å². The third-order valence-corrected chi connectivity index (χ3v) is 7.45. The van der Waals surface area contributed by atoms with Crippen LogP contribution in [0.15, 0.2) is 89.5 Å². The molecule has 0 radical (unpaired) electrons. The van der Waals surface area contributed by atoms with Gasteiger partial charge in [0.1, 0.15) is 5.52 Å². The molecule has 2 heterocycles. The molecule has 1 saturated heterocycles. The van der Waals surface area contributed by atoms with Gasteiger partial charge in [-0.05, 0) is 37.3 Å². The second-order valence-electron chi connectivity index (χ2n) is 9.73. The van der Waals surface area contributed by atoms with Gasteiger partial charge in [0, 0.05) is 48.7 Å². The molecule has 0 saturated carbocycles. The van der Waals surface area contributed by atoms with Crippen molar-refractivity contribution >= 4 is 39.4 Å². The van der Waals surface area contributed by atoms with Crippen molar-refractivity contribution < 1.29 is 9.32 Å². The van der Waals surface area contributed by atoms with E-state index in [9.17, 15) is 4.79 Å². The molecule has 1 N–H and O–H groups in total. The number of hydrogen-bond acceptors (Lipinski definition) is 6. The molecule has 0 unspecified atom stereocenters. The van der Waals surface area contributed by atoms with Gasteiger partial charge in [-0.2, -0.15) is 0 Å². The van der Waals surface area contributed by atoms with Gasteiger partial charge < -0.3 is 19.6 Å². The fourth-order valence-electron chi connectivity index (χ4n) is 5.52. The van der Waals surface area contributed by atoms with E-state index in [-0.39, 0.29) is 5.78 Å². The molecule has 1 aromatic heterocycles. The van der Waals surface area contributed by atoms with Crippen LogP contribution in [0.2, 0.25) is 0 Å². The highest BCUT2D eigenvalue weighted by molar-refractivity contribution is 6.28. The van der Waals surface area contributed by atoms with E-state index in [4.69, 9.17) is 4.52 Å². The first kappa shape index (κ1) is 21.7. The zero-order valence-corrected chi connectivity index (χ0v) is 20.6. The average molecular weight is 487 g/mol. The number of rotatable bonds is 4. The van der Waals surface area contributed by atoms with E-state index < -0.39 is 0 Å². The number of anilines is 4. The van der Waals surface area contributed by atoms with Crippen LogP contribution in [-0.2, 0) is 0 Å². The van der Waals surface area contributed by atoms with Gasteiger partial charge in [0.25, 0.3) is 0 Å². The molecule has 0 atom stereocenters. The number of carbonyl (C=O) groups is 1. The largest absolute Gasteiger partial charge is 0.368 e. The summed E-state index contributed by atoms with van der Waals surface area (Å²) in [4.78, 5) is 18.6. The molecule has 0 bridgehead atoms. The maximum Gasteiger partial charge on any atom is 0.196 e. The molecular weight excluding hydrogens is 460 g/mol. The number of ketones is 1. The fraction of sp³-hybridized carbons (Fsp3) is 0.161. The van der Waals surface area contributed by atoms with Crippen LogP contribution in [-0.4, -0.2) is 37.1 Å². The van der Waals surface area contributed by atoms with Crippen molar-refractivity contribution in [2.45, 2.75) is 6.92 Å². The average Bonchev–Trinajstić information content (AvgIpc) is 3.39. The van der Waals surface area contributed by atoms with Crippen molar-refractivity contribution in [3.8, 4) is 11.3 Å². The van der Waals surface area contributed by atoms with Gasteiger partial charge in [0.05, 0.1) is 22.3 Å². The number of aryl methyl sites for hydroxylation is 1. The Labute approximate surface area is 215 Å². The first-order chi connectivity index (χ1) is 18.2. The van der Waals surface area contributed by atoms with Crippen LogP contribution < -0.4 is 15.1 Å². The van der Waals surface area contributed by atoms with E-state index in [0.717, 1.165) is 59.7 Å². The maximum absolute atomic E-state index is 13.8. The van der Waals surface area contributed by atoms with E-state index in [0.29, 0.717) is 16.9 Å². The molecular formula is C31H26N4O2. The van der Waals surface area contributed by atoms with Crippen LogP contribution in [0.3, 0.4) is 0 Å². The lowest BCUT2D eigenvalue weighted by Crippen LogP contribution is -2.46. The number of para-hydroxylation sites is 1. The van der Waals surface area contributed by atoms with Crippen LogP contribution >= 0.6 is 0 Å². The van der Waals surface area contributed by atoms with Gasteiger partial charge in [0.15, 0.2) is 11.5 Å². The molecule has 7 rings (SSSR count). The second-order valence-corrected chi connectivity index (χ2v) is 9.73. The molecule has 2 aliphatic rings. The van der Waals surface area contributed by atoms with Gasteiger partial charge in [-0.3, -0.25) is 4.79 Å². The SMILES string of the molecule is Cc1ccc(Nc2cc(N3CCN(c4ccccc4)CC3)c3noc4c3c2C(=O)c2ccccc2-4)cc1. The molecule has 6 heteroatoms. The molecule has 0 amide bonds. The number of hydrogen-bond donors (Lipinski definition) is 1. The second kappa shape index (κ2) is 8.52. The van der Waals surface area contributed by atoms with E-state index in [1.165, 1.54) is 11.3 Å². The summed E-state index contributed by atoms with van der Waals surface area (Å²) < 4.78 is 5.95. The summed E-state index contributed by atoms with van der Waals surface area (Å²) in [5.41, 5.74) is 7.94. The van der Waals surface area contributed by atoms with Crippen molar-refractivity contribution in [1.29, 1.82) is 0 Å². The highest BCUT2D eigenvalue weighted by Gasteiger charge is 2.34. The minimum Gasteiger partial charge on any atom is -0.368 e. The molecule has 182 valence electrons. The molecule has 37 heavy (non-hydrogen) atoms. The van der Waals surface area contributed by atoms with Gasteiger partial charge in [-0.1, -0.05) is 65.3 Å². The van der Waals surface area contributed by atoms with Crippen molar-refractivity contribution in [2.24, 2.45) is 0 Å². The zero-order chi connectivity index (χ0) is 24.9. The van der Waals surface area contributed by atoms with Crippen LogP contribution in [0.5, 0.6) is 0 Å². The van der Waals surface area contributed by atoms with Gasteiger partial charge in [-0.25, -0.2) is 0 Å². The van der Waals surface area contributed by atoms with E-state index in [2.05, 4.69) is 69.7 Å². The molecule has 0 spiro atoms. The molecule has 1 aliphatic carbocycles. The fourth-order valence-corrected chi connectivity index (χ4v) is 5.52. The normalized spacial score (nSPS) is 14.7. The minimum absolute atomic E-state index is 0.00800. The van der Waals surface area contributed by atoms with Crippen LogP contribution in [0.4, 0.5) is 22.7 Å². The minimum atomic E-state index is -0.00800. The molecule has 5 aromatic rings. The lowest BCUT2D eigenvalue weighted by molar-refractivity contribution is 0.104. The Morgan fingerprint density at radius 2 is 1.49 bits per heavy atom. The van der Waals surface area contributed by atoms with E-state index in [1.54, 1.807) is 0 Å². The smallest absolute Gasteiger partial charge is 0.196 e. The summed E-state index contributed by atoms with van der Waals surface area (Å²) in [6, 6.07) is 28.4. The third-order valence-electron chi connectivity index (χ3n) is 7.45. The monoisotopic (exact) mass is 486 g/mol. The van der Waals surface area contributed by atoms with Gasteiger partial charge in [-0.15, -0.1) is 0 Å². The first-order valence-corrected chi connectivity index (χ1v) is 12.7. The lowest BCUT2D eigenvalue weighted by Gasteiger charge is -2.37. The number of nitrogens with one attached hydrogen (secondary N) is 1. The molecule has 1 fully saturated rings. The summed E-state index contributed by atoms with van der Waals surface area (Å²) in [6.45, 7) is 5.57. The highest BCUT2D eigenvalue weighted by atomic mass is 16.5. The van der Waals surface area contributed by atoms with Crippen molar-refractivity contribution in [3.05, 3.63) is 102 Å². The standard InChI is InChI=1S/C31H26N4O2/c1-20-11-13-21(14-12-20)32-25-19-26(35-17-15-34(16-18-35)22-7-3-2-4-8-22)29-28-27(25)30(36)23-9-5-6-10-24(23)31(28)37-33-29/h2-14,19,32H,15-18H2,1H3. The summed E-state index contributed by atoms with van der Waals surface area (Å²) in [5, 5.41) is 8.86. The summed E-state index contributed by atoms with van der Waals surface area (Å²) in [6.07, 6.45) is 0. The maximum atomic E-state index is 13.8. The van der Waals surface area contributed by atoms with Gasteiger partial charge in [0.2, 0.25) is 0 Å². The first-order valence-electron chi connectivity index (χ1n) is 12.7. The summed E-state index contributed by atoms with van der Waals surface area (Å²) in [7, 11) is 0.